The molecule has 1 aromatic carbocycles. The highest BCUT2D eigenvalue weighted by molar-refractivity contribution is 5.74. The molecule has 2 aromatic rings. The molecule has 4 heteroatoms. The number of aromatic nitrogens is 3. The van der Waals surface area contributed by atoms with Gasteiger partial charge in [-0.25, -0.2) is 0 Å². The molecular weight excluding hydrogens is 166 g/mol. The second-order valence-electron chi connectivity index (χ2n) is 2.53. The molecule has 0 aliphatic carbocycles. The van der Waals surface area contributed by atoms with E-state index in [-0.39, 0.29) is 0 Å². The Hall–Kier alpha value is -1.97. The molecule has 0 aliphatic heterocycles. The number of carbonyl (C=O) groups excluding carboxylic acids is 1. The summed E-state index contributed by atoms with van der Waals surface area (Å²) < 4.78 is 0. The molecule has 0 saturated carbocycles. The fourth-order valence-corrected chi connectivity index (χ4v) is 1.04. The number of aldehydes is 1. The SMILES string of the molecule is O=Cc1ccc(-n2nccn2)cc1. The standard InChI is InChI=1S/C9H7N3O/c13-7-8-1-3-9(4-2-8)12-10-5-6-11-12/h1-7H. The van der Waals surface area contributed by atoms with Gasteiger partial charge >= 0.3 is 0 Å². The van der Waals surface area contributed by atoms with E-state index in [0.29, 0.717) is 5.56 Å². The normalized spacial score (nSPS) is 9.85. The van der Waals surface area contributed by atoms with Gasteiger partial charge in [0.1, 0.15) is 6.29 Å². The van der Waals surface area contributed by atoms with E-state index in [1.807, 2.05) is 0 Å². The van der Waals surface area contributed by atoms with E-state index < -0.39 is 0 Å². The molecular formula is C9H7N3O. The molecule has 0 N–H and O–H groups in total. The van der Waals surface area contributed by atoms with E-state index in [0.717, 1.165) is 12.0 Å². The molecule has 64 valence electrons. The average Bonchev–Trinajstić information content (AvgIpc) is 2.71. The van der Waals surface area contributed by atoms with Gasteiger partial charge in [-0.15, -0.1) is 0 Å². The zero-order valence-electron chi connectivity index (χ0n) is 6.79. The second kappa shape index (κ2) is 3.18. The van der Waals surface area contributed by atoms with Gasteiger partial charge in [0.05, 0.1) is 18.1 Å². The molecule has 0 saturated heterocycles. The Kier molecular flexibility index (Phi) is 1.88. The molecule has 0 bridgehead atoms. The van der Waals surface area contributed by atoms with Gasteiger partial charge in [-0.05, 0) is 24.3 Å². The molecule has 13 heavy (non-hydrogen) atoms. The van der Waals surface area contributed by atoms with Crippen LogP contribution in [0.1, 0.15) is 10.4 Å². The average molecular weight is 173 g/mol. The summed E-state index contributed by atoms with van der Waals surface area (Å²) in [6, 6.07) is 7.05. The maximum Gasteiger partial charge on any atom is 0.150 e. The van der Waals surface area contributed by atoms with Crippen molar-refractivity contribution in [2.75, 3.05) is 0 Å². The largest absolute Gasteiger partial charge is 0.298 e. The van der Waals surface area contributed by atoms with E-state index in [1.165, 1.54) is 4.80 Å². The molecule has 0 spiro atoms. The lowest BCUT2D eigenvalue weighted by Crippen LogP contribution is -1.97. The van der Waals surface area contributed by atoms with E-state index in [2.05, 4.69) is 10.2 Å². The van der Waals surface area contributed by atoms with Gasteiger partial charge in [0.2, 0.25) is 0 Å². The third kappa shape index (κ3) is 1.46. The maximum absolute atomic E-state index is 10.4. The van der Waals surface area contributed by atoms with E-state index in [1.54, 1.807) is 36.7 Å². The summed E-state index contributed by atoms with van der Waals surface area (Å²) in [6.07, 6.45) is 4.02. The number of carbonyl (C=O) groups is 1. The molecule has 0 amide bonds. The molecule has 4 nitrogen and oxygen atoms in total. The Morgan fingerprint density at radius 3 is 2.23 bits per heavy atom. The van der Waals surface area contributed by atoms with Crippen LogP contribution in [0.25, 0.3) is 5.69 Å². The van der Waals surface area contributed by atoms with Gasteiger partial charge < -0.3 is 0 Å². The van der Waals surface area contributed by atoms with Crippen LogP contribution in [-0.2, 0) is 0 Å². The first-order valence-electron chi connectivity index (χ1n) is 3.82. The highest BCUT2D eigenvalue weighted by atomic mass is 16.1. The van der Waals surface area contributed by atoms with Crippen LogP contribution in [-0.4, -0.2) is 21.3 Å². The van der Waals surface area contributed by atoms with Crippen molar-refractivity contribution in [2.45, 2.75) is 0 Å². The molecule has 0 radical (unpaired) electrons. The van der Waals surface area contributed by atoms with Gasteiger partial charge in [0.25, 0.3) is 0 Å². The summed E-state index contributed by atoms with van der Waals surface area (Å²) in [5.74, 6) is 0. The molecule has 0 unspecified atom stereocenters. The molecule has 0 atom stereocenters. The topological polar surface area (TPSA) is 47.8 Å². The fraction of sp³-hybridized carbons (Fsp3) is 0. The van der Waals surface area contributed by atoms with Crippen LogP contribution < -0.4 is 0 Å². The lowest BCUT2D eigenvalue weighted by molar-refractivity contribution is 0.112. The van der Waals surface area contributed by atoms with Crippen molar-refractivity contribution in [3.05, 3.63) is 42.2 Å². The lowest BCUT2D eigenvalue weighted by atomic mass is 10.2. The predicted octanol–water partition coefficient (Wildman–Crippen LogP) is 1.08. The quantitative estimate of drug-likeness (QED) is 0.638. The van der Waals surface area contributed by atoms with E-state index in [9.17, 15) is 4.79 Å². The number of nitrogens with zero attached hydrogens (tertiary/aromatic N) is 3. The summed E-state index contributed by atoms with van der Waals surface area (Å²) in [5.41, 5.74) is 1.49. The maximum atomic E-state index is 10.4. The smallest absolute Gasteiger partial charge is 0.150 e. The van der Waals surface area contributed by atoms with Crippen molar-refractivity contribution in [2.24, 2.45) is 0 Å². The first-order chi connectivity index (χ1) is 6.40. The number of benzene rings is 1. The van der Waals surface area contributed by atoms with Crippen molar-refractivity contribution in [3.63, 3.8) is 0 Å². The Morgan fingerprint density at radius 1 is 1.08 bits per heavy atom. The Bertz CT molecular complexity index is 391. The van der Waals surface area contributed by atoms with Gasteiger partial charge in [0.15, 0.2) is 0 Å². The van der Waals surface area contributed by atoms with E-state index >= 15 is 0 Å². The summed E-state index contributed by atoms with van der Waals surface area (Å²) in [5, 5.41) is 7.92. The van der Waals surface area contributed by atoms with Crippen molar-refractivity contribution in [1.82, 2.24) is 15.0 Å². The van der Waals surface area contributed by atoms with Crippen molar-refractivity contribution >= 4 is 6.29 Å². The third-order valence-corrected chi connectivity index (χ3v) is 1.68. The Morgan fingerprint density at radius 2 is 1.69 bits per heavy atom. The fourth-order valence-electron chi connectivity index (χ4n) is 1.04. The van der Waals surface area contributed by atoms with Gasteiger partial charge in [0, 0.05) is 5.56 Å². The second-order valence-corrected chi connectivity index (χ2v) is 2.53. The lowest BCUT2D eigenvalue weighted by Gasteiger charge is -1.97. The van der Waals surface area contributed by atoms with Crippen LogP contribution >= 0.6 is 0 Å². The summed E-state index contributed by atoms with van der Waals surface area (Å²) in [6.45, 7) is 0. The molecule has 1 aromatic heterocycles. The van der Waals surface area contributed by atoms with Crippen LogP contribution in [0.2, 0.25) is 0 Å². The van der Waals surface area contributed by atoms with Crippen LogP contribution in [0, 0.1) is 0 Å². The minimum Gasteiger partial charge on any atom is -0.298 e. The summed E-state index contributed by atoms with van der Waals surface area (Å²) in [4.78, 5) is 11.9. The Labute approximate surface area is 74.8 Å². The first kappa shape index (κ1) is 7.67. The van der Waals surface area contributed by atoms with Crippen molar-refractivity contribution in [3.8, 4) is 5.69 Å². The van der Waals surface area contributed by atoms with Crippen LogP contribution in [0.5, 0.6) is 0 Å². The summed E-state index contributed by atoms with van der Waals surface area (Å²) in [7, 11) is 0. The Balaban J connectivity index is 2.38. The minimum absolute atomic E-state index is 0.649. The first-order valence-corrected chi connectivity index (χ1v) is 3.82. The highest BCUT2D eigenvalue weighted by Gasteiger charge is 1.96. The molecule has 0 aliphatic rings. The number of rotatable bonds is 2. The summed E-state index contributed by atoms with van der Waals surface area (Å²) >= 11 is 0. The third-order valence-electron chi connectivity index (χ3n) is 1.68. The van der Waals surface area contributed by atoms with Gasteiger partial charge in [-0.2, -0.15) is 15.0 Å². The predicted molar refractivity (Wildman–Crippen MR) is 46.7 cm³/mol. The zero-order valence-corrected chi connectivity index (χ0v) is 6.79. The van der Waals surface area contributed by atoms with Crippen LogP contribution in [0.4, 0.5) is 0 Å². The highest BCUT2D eigenvalue weighted by Crippen LogP contribution is 2.05. The van der Waals surface area contributed by atoms with E-state index in [4.69, 9.17) is 0 Å². The van der Waals surface area contributed by atoms with Crippen LogP contribution in [0.15, 0.2) is 36.7 Å². The zero-order chi connectivity index (χ0) is 9.10. The molecule has 2 rings (SSSR count). The van der Waals surface area contributed by atoms with Crippen molar-refractivity contribution in [1.29, 1.82) is 0 Å². The number of hydrogen-bond acceptors (Lipinski definition) is 3. The molecule has 0 fully saturated rings. The van der Waals surface area contributed by atoms with Gasteiger partial charge in [-0.3, -0.25) is 4.79 Å². The van der Waals surface area contributed by atoms with Gasteiger partial charge in [-0.1, -0.05) is 0 Å². The minimum atomic E-state index is 0.649. The molecule has 1 heterocycles. The monoisotopic (exact) mass is 173 g/mol. The van der Waals surface area contributed by atoms with Crippen LogP contribution in [0.3, 0.4) is 0 Å². The number of hydrogen-bond donors (Lipinski definition) is 0. The van der Waals surface area contributed by atoms with Crippen molar-refractivity contribution < 1.29 is 4.79 Å².